The highest BCUT2D eigenvalue weighted by molar-refractivity contribution is 5.76. The number of aryl methyl sites for hydroxylation is 1. The quantitative estimate of drug-likeness (QED) is 0.727. The number of nitriles is 1. The summed E-state index contributed by atoms with van der Waals surface area (Å²) in [4.78, 5) is 8.28. The van der Waals surface area contributed by atoms with Crippen LogP contribution in [0.5, 0.6) is 0 Å². The van der Waals surface area contributed by atoms with Crippen molar-refractivity contribution >= 4 is 11.4 Å². The highest BCUT2D eigenvalue weighted by Crippen LogP contribution is 2.38. The summed E-state index contributed by atoms with van der Waals surface area (Å²) in [5.74, 6) is -0.894. The lowest BCUT2D eigenvalue weighted by molar-refractivity contribution is 0.248. The van der Waals surface area contributed by atoms with E-state index in [1.807, 2.05) is 18.2 Å². The normalized spacial score (nSPS) is 19.4. The number of aromatic nitrogens is 2. The van der Waals surface area contributed by atoms with E-state index in [1.165, 1.54) is 19.3 Å². The van der Waals surface area contributed by atoms with Crippen molar-refractivity contribution in [3.05, 3.63) is 48.5 Å². The SMILES string of the molecule is N#CC(CCc1ccncn1)C1(NC2CCCCC2)Nc2ccccc2N1. The zero-order valence-corrected chi connectivity index (χ0v) is 15.5. The molecule has 1 aliphatic heterocycles. The summed E-state index contributed by atoms with van der Waals surface area (Å²) in [6.45, 7) is 0. The van der Waals surface area contributed by atoms with E-state index in [2.05, 4.69) is 44.1 Å². The first-order valence-electron chi connectivity index (χ1n) is 9.87. The zero-order chi connectivity index (χ0) is 18.5. The number of hydrogen-bond acceptors (Lipinski definition) is 6. The summed E-state index contributed by atoms with van der Waals surface area (Å²) in [6, 6.07) is 13.0. The third-order valence-corrected chi connectivity index (χ3v) is 5.64. The van der Waals surface area contributed by atoms with Crippen molar-refractivity contribution in [2.45, 2.75) is 56.8 Å². The molecular weight excluding hydrogens is 336 g/mol. The Hall–Kier alpha value is -2.65. The average Bonchev–Trinajstić information content (AvgIpc) is 3.09. The Labute approximate surface area is 160 Å². The lowest BCUT2D eigenvalue weighted by Gasteiger charge is -2.40. The van der Waals surface area contributed by atoms with Crippen LogP contribution >= 0.6 is 0 Å². The van der Waals surface area contributed by atoms with E-state index in [9.17, 15) is 5.26 Å². The number of hydrogen-bond donors (Lipinski definition) is 3. The zero-order valence-electron chi connectivity index (χ0n) is 15.5. The molecule has 2 aromatic rings. The van der Waals surface area contributed by atoms with E-state index in [0.717, 1.165) is 36.3 Å². The van der Waals surface area contributed by atoms with Gasteiger partial charge in [0.05, 0.1) is 17.4 Å². The molecule has 1 atom stereocenters. The van der Waals surface area contributed by atoms with Gasteiger partial charge in [-0.15, -0.1) is 0 Å². The molecule has 1 aromatic carbocycles. The van der Waals surface area contributed by atoms with E-state index >= 15 is 0 Å². The van der Waals surface area contributed by atoms with Crippen LogP contribution in [0, 0.1) is 17.2 Å². The van der Waals surface area contributed by atoms with Gasteiger partial charge in [0.1, 0.15) is 12.2 Å². The van der Waals surface area contributed by atoms with Gasteiger partial charge in [0.25, 0.3) is 0 Å². The second-order valence-electron chi connectivity index (χ2n) is 7.50. The fraction of sp³-hybridized carbons (Fsp3) is 0.476. The molecule has 0 spiro atoms. The van der Waals surface area contributed by atoms with Crippen LogP contribution in [0.1, 0.15) is 44.2 Å². The summed E-state index contributed by atoms with van der Waals surface area (Å²) in [5.41, 5.74) is 3.06. The Morgan fingerprint density at radius 3 is 2.52 bits per heavy atom. The maximum absolute atomic E-state index is 10.0. The van der Waals surface area contributed by atoms with Gasteiger partial charge in [-0.2, -0.15) is 5.26 Å². The van der Waals surface area contributed by atoms with Crippen molar-refractivity contribution in [3.63, 3.8) is 0 Å². The van der Waals surface area contributed by atoms with Gasteiger partial charge in [-0.05, 0) is 43.9 Å². The van der Waals surface area contributed by atoms with E-state index in [-0.39, 0.29) is 5.92 Å². The van der Waals surface area contributed by atoms with Crippen LogP contribution in [0.3, 0.4) is 0 Å². The predicted octanol–water partition coefficient (Wildman–Crippen LogP) is 3.66. The molecule has 1 saturated carbocycles. The van der Waals surface area contributed by atoms with Crippen molar-refractivity contribution < 1.29 is 0 Å². The minimum atomic E-state index is -0.645. The van der Waals surface area contributed by atoms with Crippen LogP contribution in [0.15, 0.2) is 42.9 Å². The second kappa shape index (κ2) is 7.93. The molecule has 3 N–H and O–H groups in total. The maximum atomic E-state index is 10.0. The van der Waals surface area contributed by atoms with Gasteiger partial charge >= 0.3 is 0 Å². The molecule has 1 fully saturated rings. The summed E-state index contributed by atoms with van der Waals surface area (Å²) >= 11 is 0. The highest BCUT2D eigenvalue weighted by Gasteiger charge is 2.45. The van der Waals surface area contributed by atoms with E-state index in [1.54, 1.807) is 12.5 Å². The molecule has 4 rings (SSSR count). The van der Waals surface area contributed by atoms with E-state index in [4.69, 9.17) is 0 Å². The number of nitrogens with zero attached hydrogens (tertiary/aromatic N) is 3. The lowest BCUT2D eigenvalue weighted by Crippen LogP contribution is -2.63. The van der Waals surface area contributed by atoms with Crippen LogP contribution in [-0.4, -0.2) is 21.8 Å². The highest BCUT2D eigenvalue weighted by atomic mass is 15.4. The molecule has 1 aromatic heterocycles. The molecule has 1 aliphatic carbocycles. The summed E-state index contributed by atoms with van der Waals surface area (Å²) in [5, 5.41) is 21.0. The first-order chi connectivity index (χ1) is 13.3. The smallest absolute Gasteiger partial charge is 0.181 e. The Kier molecular flexibility index (Phi) is 5.21. The van der Waals surface area contributed by atoms with Gasteiger partial charge < -0.3 is 10.6 Å². The van der Waals surface area contributed by atoms with Crippen molar-refractivity contribution in [1.82, 2.24) is 15.3 Å². The topological polar surface area (TPSA) is 85.7 Å². The van der Waals surface area contributed by atoms with Crippen LogP contribution in [0.25, 0.3) is 0 Å². The van der Waals surface area contributed by atoms with Crippen LogP contribution < -0.4 is 16.0 Å². The van der Waals surface area contributed by atoms with Crippen LogP contribution in [-0.2, 0) is 6.42 Å². The maximum Gasteiger partial charge on any atom is 0.181 e. The van der Waals surface area contributed by atoms with Crippen molar-refractivity contribution in [3.8, 4) is 6.07 Å². The fourth-order valence-electron chi connectivity index (χ4n) is 4.21. The van der Waals surface area contributed by atoms with Crippen LogP contribution in [0.4, 0.5) is 11.4 Å². The molecule has 2 aliphatic rings. The summed E-state index contributed by atoms with van der Waals surface area (Å²) in [7, 11) is 0. The van der Waals surface area contributed by atoms with Crippen LogP contribution in [0.2, 0.25) is 0 Å². The molecule has 0 bridgehead atoms. The predicted molar refractivity (Wildman–Crippen MR) is 106 cm³/mol. The molecule has 6 nitrogen and oxygen atoms in total. The molecule has 0 amide bonds. The number of anilines is 2. The van der Waals surface area contributed by atoms with Gasteiger partial charge in [-0.1, -0.05) is 31.4 Å². The van der Waals surface area contributed by atoms with Gasteiger partial charge in [-0.3, -0.25) is 5.32 Å². The number of benzene rings is 1. The molecule has 0 saturated heterocycles. The van der Waals surface area contributed by atoms with Gasteiger partial charge in [0.15, 0.2) is 5.79 Å². The standard InChI is InChI=1S/C21H26N6/c22-14-16(10-11-17-12-13-23-15-24-17)21(25-18-6-2-1-3-7-18)26-19-8-4-5-9-20(19)27-21/h4-5,8-9,12-13,15-16,18,25-27H,1-3,6-7,10-11H2. The van der Waals surface area contributed by atoms with Crippen molar-refractivity contribution in [1.29, 1.82) is 5.26 Å². The Morgan fingerprint density at radius 2 is 1.89 bits per heavy atom. The monoisotopic (exact) mass is 362 g/mol. The fourth-order valence-corrected chi connectivity index (χ4v) is 4.21. The minimum absolute atomic E-state index is 0.248. The van der Waals surface area contributed by atoms with Gasteiger partial charge in [0, 0.05) is 17.9 Å². The second-order valence-corrected chi connectivity index (χ2v) is 7.50. The molecule has 0 radical (unpaired) electrons. The molecule has 140 valence electrons. The molecule has 2 heterocycles. The van der Waals surface area contributed by atoms with E-state index < -0.39 is 5.79 Å². The third kappa shape index (κ3) is 3.88. The first kappa shape index (κ1) is 17.7. The van der Waals surface area contributed by atoms with E-state index in [0.29, 0.717) is 12.5 Å². The van der Waals surface area contributed by atoms with Gasteiger partial charge in [0.2, 0.25) is 0 Å². The number of rotatable bonds is 6. The summed E-state index contributed by atoms with van der Waals surface area (Å²) in [6.07, 6.45) is 10.9. The van der Waals surface area contributed by atoms with Gasteiger partial charge in [-0.25, -0.2) is 9.97 Å². The average molecular weight is 362 g/mol. The minimum Gasteiger partial charge on any atom is -0.348 e. The Bertz CT molecular complexity index is 769. The Morgan fingerprint density at radius 1 is 1.15 bits per heavy atom. The first-order valence-corrected chi connectivity index (χ1v) is 9.87. The molecular formula is C21H26N6. The summed E-state index contributed by atoms with van der Waals surface area (Å²) < 4.78 is 0. The molecule has 6 heteroatoms. The molecule has 27 heavy (non-hydrogen) atoms. The Balaban J connectivity index is 1.55. The lowest BCUT2D eigenvalue weighted by atomic mass is 9.90. The van der Waals surface area contributed by atoms with Crippen molar-refractivity contribution in [2.24, 2.45) is 5.92 Å². The number of nitrogens with one attached hydrogen (secondary N) is 3. The molecule has 1 unspecified atom stereocenters. The third-order valence-electron chi connectivity index (χ3n) is 5.64. The largest absolute Gasteiger partial charge is 0.348 e. The number of fused-ring (bicyclic) bond motifs is 1. The van der Waals surface area contributed by atoms with Crippen molar-refractivity contribution in [2.75, 3.05) is 10.6 Å². The number of para-hydroxylation sites is 2.